The number of imidazole rings is 2. The molecule has 3 atom stereocenters. The van der Waals surface area contributed by atoms with Crippen LogP contribution in [0.1, 0.15) is 124 Å². The summed E-state index contributed by atoms with van der Waals surface area (Å²) in [6.07, 6.45) is 4.28. The molecule has 1 saturated heterocycles. The molecule has 1 unspecified atom stereocenters. The van der Waals surface area contributed by atoms with E-state index in [1.54, 1.807) is 48.3 Å². The molecule has 1 fully saturated rings. The summed E-state index contributed by atoms with van der Waals surface area (Å²) in [6, 6.07) is 5.70. The van der Waals surface area contributed by atoms with Gasteiger partial charge >= 0.3 is 11.9 Å². The number of thioether (sulfide) groups is 1. The number of ether oxygens (including phenoxy) is 3. The number of allylic oxidation sites excluding steroid dienone is 2. The number of Topliss-reactive ketones (excluding diaryl/α,β-unsaturated/α-hetero) is 2. The van der Waals surface area contributed by atoms with Crippen LogP contribution in [-0.4, -0.2) is 149 Å². The van der Waals surface area contributed by atoms with Crippen molar-refractivity contribution < 1.29 is 80.9 Å². The van der Waals surface area contributed by atoms with Crippen LogP contribution in [0.4, 0.5) is 11.9 Å². The van der Waals surface area contributed by atoms with Gasteiger partial charge in [-0.25, -0.2) is 19.9 Å². The minimum absolute atomic E-state index is 0.000986. The maximum absolute atomic E-state index is 13.9. The molecule has 30 heteroatoms. The van der Waals surface area contributed by atoms with E-state index in [1.807, 2.05) is 6.92 Å². The van der Waals surface area contributed by atoms with Crippen LogP contribution >= 0.6 is 11.8 Å². The summed E-state index contributed by atoms with van der Waals surface area (Å²) >= 11 is 1.17. The van der Waals surface area contributed by atoms with Gasteiger partial charge in [0.25, 0.3) is 11.8 Å². The van der Waals surface area contributed by atoms with Gasteiger partial charge in [0.05, 0.1) is 67.0 Å². The number of anilines is 2. The summed E-state index contributed by atoms with van der Waals surface area (Å²) in [5.74, 6) is -9.33. The average Bonchev–Trinajstić information content (AvgIpc) is 1.78. The van der Waals surface area contributed by atoms with Crippen molar-refractivity contribution in [1.29, 1.82) is 0 Å². The Morgan fingerprint density at radius 3 is 1.82 bits per heavy atom. The fraction of sp³-hybridized carbons (Fsp3) is 0.421. The lowest BCUT2D eigenvalue weighted by molar-refractivity contribution is -0.149. The predicted octanol–water partition coefficient (Wildman–Crippen LogP) is 4.03. The van der Waals surface area contributed by atoms with Crippen molar-refractivity contribution in [3.8, 4) is 11.5 Å². The molecule has 7 amide bonds. The molecule has 0 aliphatic carbocycles. The number of hydrogen-bond donors (Lipinski definition) is 6. The van der Waals surface area contributed by atoms with Crippen LogP contribution < -0.4 is 36.9 Å². The van der Waals surface area contributed by atoms with Crippen LogP contribution in [0.2, 0.25) is 0 Å². The number of oxazole rings is 2. The molecule has 0 spiro atoms. The Balaban J connectivity index is 1.05. The number of likely N-dealkylation sites (tertiary alicyclic amines) is 1. The fourth-order valence-electron chi connectivity index (χ4n) is 9.53. The lowest BCUT2D eigenvalue weighted by Crippen LogP contribution is -2.39. The van der Waals surface area contributed by atoms with Crippen LogP contribution in [-0.2, 0) is 64.2 Å². The number of ketones is 2. The normalized spacial score (nSPS) is 13.9. The minimum atomic E-state index is -1.23. The molecule has 0 saturated carbocycles. The first-order chi connectivity index (χ1) is 41.4. The van der Waals surface area contributed by atoms with Crippen molar-refractivity contribution in [1.82, 2.24) is 39.3 Å². The molecular weight excluding hydrogens is 1160 g/mol. The second-order valence-corrected chi connectivity index (χ2v) is 21.2. The van der Waals surface area contributed by atoms with Crippen molar-refractivity contribution >= 4 is 111 Å². The maximum Gasteiger partial charge on any atom is 0.309 e. The van der Waals surface area contributed by atoms with E-state index >= 15 is 0 Å². The number of carbonyl (C=O) groups excluding carboxylic acids is 10. The van der Waals surface area contributed by atoms with Gasteiger partial charge in [-0.2, -0.15) is 11.8 Å². The number of aryl methyl sites for hydroxylation is 4. The number of hydrogen-bond acceptors (Lipinski definition) is 21. The number of aliphatic carboxylic acids is 1. The number of imide groups is 1. The number of carboxylic acid groups (broad SMARTS) is 1. The number of amides is 7. The van der Waals surface area contributed by atoms with E-state index in [2.05, 4.69) is 35.9 Å². The van der Waals surface area contributed by atoms with E-state index in [-0.39, 0.29) is 126 Å². The first-order valence-corrected chi connectivity index (χ1v) is 28.9. The number of nitrogens with one attached hydrogen (secondary N) is 3. The number of nitrogens with two attached hydrogens (primary N) is 2. The third-order valence-corrected chi connectivity index (χ3v) is 14.8. The number of nitrogens with zero attached hydrogens (tertiary/aromatic N) is 7. The predicted molar refractivity (Wildman–Crippen MR) is 311 cm³/mol. The van der Waals surface area contributed by atoms with E-state index in [4.69, 9.17) is 34.5 Å². The average molecular weight is 1220 g/mol. The Bertz CT molecular complexity index is 3730. The number of fused-ring (bicyclic) bond motifs is 2. The molecule has 8 N–H and O–H groups in total. The number of carbonyl (C=O) groups is 11. The van der Waals surface area contributed by atoms with Gasteiger partial charge in [0.15, 0.2) is 23.3 Å². The third kappa shape index (κ3) is 15.8. The van der Waals surface area contributed by atoms with Gasteiger partial charge in [-0.3, -0.25) is 68.3 Å². The highest BCUT2D eigenvalue weighted by atomic mass is 32.2. The molecular formula is C57H66N12O17S. The lowest BCUT2D eigenvalue weighted by Gasteiger charge is -2.18. The number of esters is 1. The van der Waals surface area contributed by atoms with Crippen LogP contribution in [0.25, 0.3) is 22.1 Å². The summed E-state index contributed by atoms with van der Waals surface area (Å²) < 4.78 is 31.9. The second-order valence-electron chi connectivity index (χ2n) is 20.2. The Kier molecular flexibility index (Phi) is 21.5. The first kappa shape index (κ1) is 64.8. The van der Waals surface area contributed by atoms with Gasteiger partial charge in [0.1, 0.15) is 22.5 Å². The molecule has 1 aliphatic heterocycles. The molecule has 0 radical (unpaired) electrons. The van der Waals surface area contributed by atoms with Crippen LogP contribution in [0.3, 0.4) is 0 Å². The van der Waals surface area contributed by atoms with Gasteiger partial charge in [0.2, 0.25) is 53.0 Å². The number of primary amides is 2. The summed E-state index contributed by atoms with van der Waals surface area (Å²) in [7, 11) is 1.40. The highest BCUT2D eigenvalue weighted by Gasteiger charge is 2.39. The van der Waals surface area contributed by atoms with E-state index in [0.717, 1.165) is 4.90 Å². The van der Waals surface area contributed by atoms with Gasteiger partial charge in [0, 0.05) is 76.1 Å². The number of methoxy groups -OCH3 is 1. The molecule has 462 valence electrons. The van der Waals surface area contributed by atoms with Crippen molar-refractivity contribution in [3.63, 3.8) is 0 Å². The van der Waals surface area contributed by atoms with E-state index < -0.39 is 108 Å². The summed E-state index contributed by atoms with van der Waals surface area (Å²) in [4.78, 5) is 160. The van der Waals surface area contributed by atoms with Crippen LogP contribution in [0.15, 0.2) is 45.3 Å². The standard InChI is InChI=1S/C57H66N12O17S/c1-8-36-47(85-29(4)61-36)52(78)65-56-63-38-21-32(49(58)75)23-40(82-6)45(38)67(56)15-10-11-16-68-46-39(64-57(68)66-53(79)48-37(9-2)62-30(5)86-48)22-33(50(59)76)24-41(46)83-17-12-18-84-55(81)28(3)19-34(70)26-60-51(77)31(13-14-44(73)74)20-35(71)27-69-43(72)25-42(87-7)54(69)80/h10-11,21-24,28,31,42H,8-9,12-20,25-27H2,1-7H3,(H2,58,75)(H2,59,76)(H,60,77)(H,73,74)(H,63,65,78)(H,64,66,79)/b11-10+/t28-,31-,42?/m0/s1. The van der Waals surface area contributed by atoms with Gasteiger partial charge in [-0.1, -0.05) is 32.9 Å². The Morgan fingerprint density at radius 1 is 0.782 bits per heavy atom. The zero-order chi connectivity index (χ0) is 63.4. The van der Waals surface area contributed by atoms with Crippen LogP contribution in [0, 0.1) is 25.7 Å². The molecule has 4 aromatic heterocycles. The van der Waals surface area contributed by atoms with Crippen molar-refractivity contribution in [3.05, 3.63) is 82.2 Å². The summed E-state index contributed by atoms with van der Waals surface area (Å²) in [5, 5.41) is 16.6. The third-order valence-electron chi connectivity index (χ3n) is 13.8. The molecule has 5 heterocycles. The SMILES string of the molecule is CCc1nc(C)oc1C(=O)Nc1nc2cc(C(N)=O)cc(OC)c2n1C/C=C/Cn1c(NC(=O)c2oc(C)nc2CC)nc2cc(C(N)=O)cc(OCCCOC(=O)[C@@H](C)CC(=O)CNC(=O)[C@@H](CCC(=O)O)CC(=O)CN3C(=O)CC(SC)C3=O)c21. The highest BCUT2D eigenvalue weighted by molar-refractivity contribution is 8.00. The van der Waals surface area contributed by atoms with Crippen LogP contribution in [0.5, 0.6) is 11.5 Å². The van der Waals surface area contributed by atoms with Crippen molar-refractivity contribution in [2.75, 3.05) is 50.3 Å². The zero-order valence-electron chi connectivity index (χ0n) is 48.8. The Hall–Kier alpha value is -9.74. The Morgan fingerprint density at radius 2 is 1.32 bits per heavy atom. The minimum Gasteiger partial charge on any atom is -0.494 e. The molecule has 29 nitrogen and oxygen atoms in total. The fourth-order valence-corrected chi connectivity index (χ4v) is 10.2. The lowest BCUT2D eigenvalue weighted by atomic mass is 9.95. The summed E-state index contributed by atoms with van der Waals surface area (Å²) in [6.45, 7) is 6.81. The van der Waals surface area contributed by atoms with Gasteiger partial charge in [-0.15, -0.1) is 0 Å². The van der Waals surface area contributed by atoms with Crippen molar-refractivity contribution in [2.45, 2.75) is 104 Å². The number of rotatable bonds is 32. The monoisotopic (exact) mass is 1220 g/mol. The molecule has 0 bridgehead atoms. The van der Waals surface area contributed by atoms with Crippen molar-refractivity contribution in [2.24, 2.45) is 23.3 Å². The van der Waals surface area contributed by atoms with E-state index in [9.17, 15) is 57.8 Å². The molecule has 7 rings (SSSR count). The second kappa shape index (κ2) is 28.9. The highest BCUT2D eigenvalue weighted by Crippen LogP contribution is 2.34. The molecule has 6 aromatic rings. The topological polar surface area (TPSA) is 415 Å². The van der Waals surface area contributed by atoms with E-state index in [1.165, 1.54) is 50.1 Å². The number of benzene rings is 2. The largest absolute Gasteiger partial charge is 0.494 e. The quantitative estimate of drug-likeness (QED) is 0.0150. The molecule has 87 heavy (non-hydrogen) atoms. The zero-order valence-corrected chi connectivity index (χ0v) is 49.6. The summed E-state index contributed by atoms with van der Waals surface area (Å²) in [5.41, 5.74) is 13.4. The maximum atomic E-state index is 13.9. The number of carboxylic acids is 1. The number of aromatic nitrogens is 6. The molecule has 1 aliphatic rings. The van der Waals surface area contributed by atoms with Gasteiger partial charge < -0.3 is 54.1 Å². The Labute approximate surface area is 500 Å². The molecule has 2 aromatic carbocycles. The first-order valence-electron chi connectivity index (χ1n) is 27.6. The smallest absolute Gasteiger partial charge is 0.309 e. The van der Waals surface area contributed by atoms with Gasteiger partial charge in [-0.05, 0) is 49.8 Å². The van der Waals surface area contributed by atoms with E-state index in [0.29, 0.717) is 29.7 Å².